The van der Waals surface area contributed by atoms with Crippen LogP contribution in [-0.4, -0.2) is 7.05 Å². The number of aryl methyl sites for hydroxylation is 3. The molecule has 0 spiro atoms. The second kappa shape index (κ2) is 4.72. The standard InChI is InChI=1S/C10H16N4/c1-7-5-8(2)10(9(3)6-7)12-14-13-11-4/h5-6H,1-4H3,(H,11,14)(H,12,13). The first-order valence-electron chi connectivity index (χ1n) is 4.55. The largest absolute Gasteiger partial charge is 0.224 e. The molecule has 4 heteroatoms. The number of benzene rings is 1. The number of nitrogens with one attached hydrogen (secondary N) is 2. The number of hydrogen-bond acceptors (Lipinski definition) is 3. The maximum Gasteiger partial charge on any atom is 0.0933 e. The molecule has 0 fully saturated rings. The molecule has 1 rings (SSSR count). The Morgan fingerprint density at radius 2 is 1.64 bits per heavy atom. The van der Waals surface area contributed by atoms with Gasteiger partial charge in [0.15, 0.2) is 0 Å². The molecule has 0 radical (unpaired) electrons. The zero-order valence-corrected chi connectivity index (χ0v) is 9.05. The molecule has 0 saturated carbocycles. The van der Waals surface area contributed by atoms with Gasteiger partial charge in [-0.25, -0.2) is 11.0 Å². The lowest BCUT2D eigenvalue weighted by molar-refractivity contribution is 0.600. The van der Waals surface area contributed by atoms with E-state index in [-0.39, 0.29) is 0 Å². The van der Waals surface area contributed by atoms with E-state index in [9.17, 15) is 0 Å². The Bertz CT molecular complexity index is 321. The third-order valence-electron chi connectivity index (χ3n) is 1.95. The summed E-state index contributed by atoms with van der Waals surface area (Å²) in [5, 5.41) is 7.86. The van der Waals surface area contributed by atoms with Crippen LogP contribution in [0.5, 0.6) is 0 Å². The Kier molecular flexibility index (Phi) is 3.59. The van der Waals surface area contributed by atoms with Gasteiger partial charge < -0.3 is 0 Å². The molecule has 2 N–H and O–H groups in total. The van der Waals surface area contributed by atoms with Crippen molar-refractivity contribution in [2.45, 2.75) is 20.8 Å². The number of hydrazine groups is 1. The highest BCUT2D eigenvalue weighted by Gasteiger charge is 2.01. The number of rotatable bonds is 3. The van der Waals surface area contributed by atoms with Crippen molar-refractivity contribution in [2.75, 3.05) is 7.05 Å². The molecule has 1 aromatic rings. The summed E-state index contributed by atoms with van der Waals surface area (Å²) < 4.78 is 0. The third kappa shape index (κ3) is 2.53. The van der Waals surface area contributed by atoms with Gasteiger partial charge in [0.2, 0.25) is 0 Å². The molecule has 0 unspecified atom stereocenters. The summed E-state index contributed by atoms with van der Waals surface area (Å²) >= 11 is 0. The van der Waals surface area contributed by atoms with Crippen molar-refractivity contribution in [1.82, 2.24) is 11.0 Å². The van der Waals surface area contributed by atoms with Crippen molar-refractivity contribution in [3.05, 3.63) is 28.8 Å². The predicted octanol–water partition coefficient (Wildman–Crippen LogP) is 2.33. The summed E-state index contributed by atoms with van der Waals surface area (Å²) in [5.74, 6) is 0. The zero-order chi connectivity index (χ0) is 10.6. The van der Waals surface area contributed by atoms with Crippen LogP contribution in [0.4, 0.5) is 5.69 Å². The summed E-state index contributed by atoms with van der Waals surface area (Å²) in [6, 6.07) is 4.20. The van der Waals surface area contributed by atoms with Crippen molar-refractivity contribution in [2.24, 2.45) is 10.3 Å². The van der Waals surface area contributed by atoms with Gasteiger partial charge >= 0.3 is 0 Å². The molecule has 0 heterocycles. The predicted molar refractivity (Wildman–Crippen MR) is 57.4 cm³/mol. The van der Waals surface area contributed by atoms with Gasteiger partial charge in [-0.1, -0.05) is 22.9 Å². The van der Waals surface area contributed by atoms with Gasteiger partial charge in [-0.3, -0.25) is 0 Å². The van der Waals surface area contributed by atoms with Gasteiger partial charge in [-0.15, -0.1) is 5.11 Å². The van der Waals surface area contributed by atoms with Crippen molar-refractivity contribution < 1.29 is 0 Å². The maximum atomic E-state index is 4.09. The monoisotopic (exact) mass is 192 g/mol. The molecule has 0 aliphatic rings. The Morgan fingerprint density at radius 1 is 1.07 bits per heavy atom. The molecule has 14 heavy (non-hydrogen) atoms. The molecule has 0 amide bonds. The van der Waals surface area contributed by atoms with Gasteiger partial charge in [0.25, 0.3) is 0 Å². The van der Waals surface area contributed by atoms with E-state index < -0.39 is 0 Å². The zero-order valence-electron chi connectivity index (χ0n) is 9.05. The highest BCUT2D eigenvalue weighted by Crippen LogP contribution is 2.24. The molecular formula is C10H16N4. The van der Waals surface area contributed by atoms with Crippen molar-refractivity contribution >= 4 is 5.69 Å². The van der Waals surface area contributed by atoms with Gasteiger partial charge in [-0.2, -0.15) is 0 Å². The summed E-state index contributed by atoms with van der Waals surface area (Å²) in [5.41, 5.74) is 9.72. The third-order valence-corrected chi connectivity index (χ3v) is 1.95. The van der Waals surface area contributed by atoms with Gasteiger partial charge in [0, 0.05) is 7.05 Å². The molecule has 0 bridgehead atoms. The topological polar surface area (TPSA) is 48.8 Å². The van der Waals surface area contributed by atoms with Crippen molar-refractivity contribution in [1.29, 1.82) is 0 Å². The highest BCUT2D eigenvalue weighted by atomic mass is 15.6. The van der Waals surface area contributed by atoms with Crippen LogP contribution in [0.1, 0.15) is 16.7 Å². The number of hydrogen-bond donors (Lipinski definition) is 2. The minimum absolute atomic E-state index is 0.929. The number of nitrogens with zero attached hydrogens (tertiary/aromatic N) is 2. The minimum atomic E-state index is 0.929. The second-order valence-corrected chi connectivity index (χ2v) is 3.31. The maximum absolute atomic E-state index is 4.09. The van der Waals surface area contributed by atoms with E-state index in [1.165, 1.54) is 5.56 Å². The van der Waals surface area contributed by atoms with Gasteiger partial charge in [-0.05, 0) is 31.9 Å². The van der Waals surface area contributed by atoms with E-state index in [1.807, 2.05) is 13.8 Å². The lowest BCUT2D eigenvalue weighted by Gasteiger charge is -2.05. The first-order chi connectivity index (χ1) is 6.65. The van der Waals surface area contributed by atoms with Crippen LogP contribution in [-0.2, 0) is 0 Å². The normalized spacial score (nSPS) is 10.9. The first kappa shape index (κ1) is 10.7. The van der Waals surface area contributed by atoms with Crippen LogP contribution in [0.15, 0.2) is 22.5 Å². The molecule has 0 atom stereocenters. The van der Waals surface area contributed by atoms with E-state index in [0.29, 0.717) is 0 Å². The lowest BCUT2D eigenvalue weighted by atomic mass is 10.1. The van der Waals surface area contributed by atoms with Crippen LogP contribution in [0.25, 0.3) is 0 Å². The van der Waals surface area contributed by atoms with E-state index in [2.05, 4.69) is 40.4 Å². The molecule has 1 aromatic carbocycles. The van der Waals surface area contributed by atoms with Gasteiger partial charge in [0.1, 0.15) is 0 Å². The molecule has 0 aromatic heterocycles. The lowest BCUT2D eigenvalue weighted by Crippen LogP contribution is -2.20. The molecule has 0 aliphatic heterocycles. The van der Waals surface area contributed by atoms with Crippen molar-refractivity contribution in [3.63, 3.8) is 0 Å². The van der Waals surface area contributed by atoms with E-state index >= 15 is 0 Å². The average molecular weight is 192 g/mol. The molecule has 76 valence electrons. The van der Waals surface area contributed by atoms with Gasteiger partial charge in [0.05, 0.1) is 5.69 Å². The van der Waals surface area contributed by atoms with Crippen LogP contribution in [0.2, 0.25) is 0 Å². The summed E-state index contributed by atoms with van der Waals surface area (Å²) in [6.07, 6.45) is 0. The Hall–Kier alpha value is -1.42. The summed E-state index contributed by atoms with van der Waals surface area (Å²) in [6.45, 7) is 6.15. The van der Waals surface area contributed by atoms with E-state index in [4.69, 9.17) is 0 Å². The van der Waals surface area contributed by atoms with Crippen LogP contribution in [0.3, 0.4) is 0 Å². The highest BCUT2D eigenvalue weighted by molar-refractivity contribution is 5.53. The second-order valence-electron chi connectivity index (χ2n) is 3.31. The van der Waals surface area contributed by atoms with E-state index in [1.54, 1.807) is 7.05 Å². The molecule has 0 aliphatic carbocycles. The Labute approximate surface area is 84.4 Å². The summed E-state index contributed by atoms with van der Waals surface area (Å²) in [4.78, 5) is 0. The van der Waals surface area contributed by atoms with Crippen LogP contribution >= 0.6 is 0 Å². The SMILES string of the molecule is CNNN=Nc1c(C)cc(C)cc1C. The van der Waals surface area contributed by atoms with Crippen LogP contribution in [0, 0.1) is 20.8 Å². The summed E-state index contributed by atoms with van der Waals surface area (Å²) in [7, 11) is 1.74. The van der Waals surface area contributed by atoms with Crippen molar-refractivity contribution in [3.8, 4) is 0 Å². The minimum Gasteiger partial charge on any atom is -0.224 e. The smallest absolute Gasteiger partial charge is 0.0933 e. The fourth-order valence-corrected chi connectivity index (χ4v) is 1.46. The van der Waals surface area contributed by atoms with Crippen LogP contribution < -0.4 is 11.0 Å². The quantitative estimate of drug-likeness (QED) is 0.570. The average Bonchev–Trinajstić information content (AvgIpc) is 2.09. The fourth-order valence-electron chi connectivity index (χ4n) is 1.46. The molecule has 0 saturated heterocycles. The Balaban J connectivity index is 2.96. The Morgan fingerprint density at radius 3 is 2.14 bits per heavy atom. The fraction of sp³-hybridized carbons (Fsp3) is 0.400. The van der Waals surface area contributed by atoms with E-state index in [0.717, 1.165) is 16.8 Å². The molecular weight excluding hydrogens is 176 g/mol. The molecule has 4 nitrogen and oxygen atoms in total. The first-order valence-corrected chi connectivity index (χ1v) is 4.55.